The lowest BCUT2D eigenvalue weighted by Gasteiger charge is -2.06. The van der Waals surface area contributed by atoms with E-state index in [1.807, 2.05) is 6.92 Å². The second kappa shape index (κ2) is 10.6. The van der Waals surface area contributed by atoms with Crippen LogP contribution < -0.4 is 20.7 Å². The Morgan fingerprint density at radius 3 is 2.37 bits per heavy atom. The lowest BCUT2D eigenvalue weighted by atomic mass is 10.3. The molecule has 3 rings (SSSR count). The highest BCUT2D eigenvalue weighted by Gasteiger charge is 2.11. The van der Waals surface area contributed by atoms with Gasteiger partial charge in [0.25, 0.3) is 0 Å². The van der Waals surface area contributed by atoms with Gasteiger partial charge in [-0.25, -0.2) is 9.18 Å². The van der Waals surface area contributed by atoms with E-state index in [0.29, 0.717) is 22.3 Å². The number of amides is 3. The molecule has 11 heteroatoms. The molecule has 1 heterocycles. The molecule has 0 radical (unpaired) electrons. The molecule has 0 unspecified atom stereocenters. The van der Waals surface area contributed by atoms with Gasteiger partial charge in [0.05, 0.1) is 12.4 Å². The number of thioether (sulfide) groups is 1. The number of aromatic nitrogens is 2. The zero-order valence-corrected chi connectivity index (χ0v) is 17.5. The maximum absolute atomic E-state index is 12.9. The van der Waals surface area contributed by atoms with Gasteiger partial charge in [0, 0.05) is 11.4 Å². The van der Waals surface area contributed by atoms with Crippen LogP contribution >= 0.6 is 23.1 Å². The molecular formula is C19H18FN5O3S2. The molecule has 2 aromatic carbocycles. The molecule has 0 saturated carbocycles. The van der Waals surface area contributed by atoms with Crippen LogP contribution in [0.15, 0.2) is 52.9 Å². The predicted octanol–water partition coefficient (Wildman–Crippen LogP) is 4.45. The van der Waals surface area contributed by atoms with Crippen LogP contribution in [0.4, 0.5) is 25.7 Å². The van der Waals surface area contributed by atoms with Gasteiger partial charge in [-0.3, -0.25) is 10.1 Å². The van der Waals surface area contributed by atoms with Gasteiger partial charge in [0.2, 0.25) is 11.0 Å². The van der Waals surface area contributed by atoms with Crippen LogP contribution in [0.2, 0.25) is 0 Å². The third-order valence-corrected chi connectivity index (χ3v) is 5.48. The van der Waals surface area contributed by atoms with Crippen molar-refractivity contribution in [1.82, 2.24) is 10.2 Å². The molecule has 3 N–H and O–H groups in total. The number of ether oxygens (including phenoxy) is 1. The second-order valence-electron chi connectivity index (χ2n) is 5.75. The molecule has 0 aliphatic rings. The van der Waals surface area contributed by atoms with Gasteiger partial charge in [0.15, 0.2) is 4.34 Å². The first kappa shape index (κ1) is 21.5. The minimum Gasteiger partial charge on any atom is -0.494 e. The van der Waals surface area contributed by atoms with E-state index in [1.165, 1.54) is 36.0 Å². The summed E-state index contributed by atoms with van der Waals surface area (Å²) in [6.45, 7) is 2.48. The first-order chi connectivity index (χ1) is 14.5. The quantitative estimate of drug-likeness (QED) is 0.348. The Bertz CT molecular complexity index is 996. The van der Waals surface area contributed by atoms with Crippen molar-refractivity contribution in [2.45, 2.75) is 11.3 Å². The van der Waals surface area contributed by atoms with Crippen molar-refractivity contribution in [2.24, 2.45) is 0 Å². The van der Waals surface area contributed by atoms with E-state index in [2.05, 4.69) is 26.1 Å². The largest absolute Gasteiger partial charge is 0.494 e. The van der Waals surface area contributed by atoms with Crippen LogP contribution in [0.5, 0.6) is 5.75 Å². The summed E-state index contributed by atoms with van der Waals surface area (Å²) in [6.07, 6.45) is 0. The number of nitrogens with one attached hydrogen (secondary N) is 3. The molecule has 0 atom stereocenters. The van der Waals surface area contributed by atoms with Crippen LogP contribution in [0.25, 0.3) is 0 Å². The number of nitrogens with zero attached hydrogens (tertiary/aromatic N) is 2. The first-order valence-electron chi connectivity index (χ1n) is 8.84. The Balaban J connectivity index is 1.43. The summed E-state index contributed by atoms with van der Waals surface area (Å²) >= 11 is 2.35. The van der Waals surface area contributed by atoms with E-state index in [4.69, 9.17) is 4.74 Å². The fraction of sp³-hybridized carbons (Fsp3) is 0.158. The first-order valence-corrected chi connectivity index (χ1v) is 10.6. The fourth-order valence-corrected chi connectivity index (χ4v) is 3.78. The van der Waals surface area contributed by atoms with Crippen molar-refractivity contribution < 1.29 is 18.7 Å². The molecule has 0 spiro atoms. The van der Waals surface area contributed by atoms with Gasteiger partial charge in [0.1, 0.15) is 11.6 Å². The molecule has 3 amide bonds. The Hall–Kier alpha value is -3.18. The lowest BCUT2D eigenvalue weighted by molar-refractivity contribution is -0.113. The molecule has 0 saturated heterocycles. The Morgan fingerprint density at radius 1 is 1.00 bits per heavy atom. The van der Waals surface area contributed by atoms with E-state index in [1.54, 1.807) is 24.3 Å². The molecule has 0 fully saturated rings. The van der Waals surface area contributed by atoms with Crippen molar-refractivity contribution in [2.75, 3.05) is 28.3 Å². The average Bonchev–Trinajstić information content (AvgIpc) is 3.17. The molecule has 0 aliphatic carbocycles. The minimum atomic E-state index is -0.525. The van der Waals surface area contributed by atoms with Crippen molar-refractivity contribution in [3.05, 3.63) is 54.3 Å². The molecule has 156 valence electrons. The average molecular weight is 448 g/mol. The van der Waals surface area contributed by atoms with Crippen molar-refractivity contribution in [3.8, 4) is 5.75 Å². The molecule has 0 bridgehead atoms. The minimum absolute atomic E-state index is 0.142. The maximum Gasteiger partial charge on any atom is 0.325 e. The van der Waals surface area contributed by atoms with Gasteiger partial charge in [-0.2, -0.15) is 0 Å². The van der Waals surface area contributed by atoms with Gasteiger partial charge >= 0.3 is 6.03 Å². The summed E-state index contributed by atoms with van der Waals surface area (Å²) < 4.78 is 18.8. The van der Waals surface area contributed by atoms with Gasteiger partial charge < -0.3 is 15.4 Å². The third kappa shape index (κ3) is 6.71. The second-order valence-corrected chi connectivity index (χ2v) is 7.95. The van der Waals surface area contributed by atoms with Crippen molar-refractivity contribution in [1.29, 1.82) is 0 Å². The van der Waals surface area contributed by atoms with E-state index < -0.39 is 11.8 Å². The van der Waals surface area contributed by atoms with Crippen LogP contribution in [0, 0.1) is 5.82 Å². The zero-order chi connectivity index (χ0) is 21.3. The molecule has 3 aromatic rings. The summed E-state index contributed by atoms with van der Waals surface area (Å²) in [5, 5.41) is 16.0. The molecule has 8 nitrogen and oxygen atoms in total. The van der Waals surface area contributed by atoms with E-state index in [0.717, 1.165) is 17.1 Å². The van der Waals surface area contributed by atoms with Crippen LogP contribution in [-0.2, 0) is 4.79 Å². The number of halogens is 1. The normalized spacial score (nSPS) is 10.3. The SMILES string of the molecule is CCOc1ccc(NC(=O)CSc2nnc(NC(=O)Nc3ccc(F)cc3)s2)cc1. The molecule has 30 heavy (non-hydrogen) atoms. The molecule has 0 aliphatic heterocycles. The number of urea groups is 1. The summed E-state index contributed by atoms with van der Waals surface area (Å²) in [7, 11) is 0. The molecular weight excluding hydrogens is 429 g/mol. The Labute approximate surface area is 180 Å². The number of hydrogen-bond donors (Lipinski definition) is 3. The van der Waals surface area contributed by atoms with Crippen molar-refractivity contribution in [3.63, 3.8) is 0 Å². The Kier molecular flexibility index (Phi) is 7.57. The fourth-order valence-electron chi connectivity index (χ4n) is 2.24. The number of carbonyl (C=O) groups is 2. The van der Waals surface area contributed by atoms with Gasteiger partial charge in [-0.15, -0.1) is 10.2 Å². The van der Waals surface area contributed by atoms with Crippen LogP contribution in [-0.4, -0.2) is 34.5 Å². The van der Waals surface area contributed by atoms with E-state index in [-0.39, 0.29) is 16.8 Å². The van der Waals surface area contributed by atoms with Gasteiger partial charge in [-0.05, 0) is 55.5 Å². The summed E-state index contributed by atoms with van der Waals surface area (Å²) in [5.41, 5.74) is 1.11. The number of benzene rings is 2. The standard InChI is InChI=1S/C19H18FN5O3S2/c1-2-28-15-9-7-13(8-10-15)21-16(26)11-29-19-25-24-18(30-19)23-17(27)22-14-5-3-12(20)4-6-14/h3-10H,2,11H2,1H3,(H,21,26)(H2,22,23,24,27). The number of carbonyl (C=O) groups excluding carboxylic acids is 2. The molecule has 1 aromatic heterocycles. The zero-order valence-electron chi connectivity index (χ0n) is 15.8. The highest BCUT2D eigenvalue weighted by atomic mass is 32.2. The predicted molar refractivity (Wildman–Crippen MR) is 116 cm³/mol. The monoisotopic (exact) mass is 447 g/mol. The van der Waals surface area contributed by atoms with Crippen LogP contribution in [0.3, 0.4) is 0 Å². The number of anilines is 3. The number of hydrogen-bond acceptors (Lipinski definition) is 7. The van der Waals surface area contributed by atoms with Crippen LogP contribution in [0.1, 0.15) is 6.92 Å². The summed E-state index contributed by atoms with van der Waals surface area (Å²) in [4.78, 5) is 24.0. The van der Waals surface area contributed by atoms with E-state index in [9.17, 15) is 14.0 Å². The summed E-state index contributed by atoms with van der Waals surface area (Å²) in [6, 6.07) is 11.9. The summed E-state index contributed by atoms with van der Waals surface area (Å²) in [5.74, 6) is 0.298. The van der Waals surface area contributed by atoms with Gasteiger partial charge in [-0.1, -0.05) is 23.1 Å². The van der Waals surface area contributed by atoms with Crippen molar-refractivity contribution >= 4 is 51.5 Å². The maximum atomic E-state index is 12.9. The topological polar surface area (TPSA) is 105 Å². The number of rotatable bonds is 8. The highest BCUT2D eigenvalue weighted by molar-refractivity contribution is 8.01. The lowest BCUT2D eigenvalue weighted by Crippen LogP contribution is -2.19. The Morgan fingerprint density at radius 2 is 1.67 bits per heavy atom. The van der Waals surface area contributed by atoms with E-state index >= 15 is 0 Å². The third-order valence-electron chi connectivity index (χ3n) is 3.50. The smallest absolute Gasteiger partial charge is 0.325 e. The highest BCUT2D eigenvalue weighted by Crippen LogP contribution is 2.26.